The van der Waals surface area contributed by atoms with Crippen LogP contribution in [0.2, 0.25) is 0 Å². The third-order valence-electron chi connectivity index (χ3n) is 3.33. The first-order chi connectivity index (χ1) is 7.76. The Kier molecular flexibility index (Phi) is 3.22. The molecule has 2 heterocycles. The Bertz CT molecular complexity index is 390. The van der Waals surface area contributed by atoms with Gasteiger partial charge in [-0.25, -0.2) is 4.98 Å². The van der Waals surface area contributed by atoms with Crippen molar-refractivity contribution < 1.29 is 4.79 Å². The molecule has 1 aliphatic rings. The van der Waals surface area contributed by atoms with E-state index in [1.165, 1.54) is 12.8 Å². The first kappa shape index (κ1) is 11.1. The molecule has 1 aromatic heterocycles. The van der Waals surface area contributed by atoms with E-state index >= 15 is 0 Å². The van der Waals surface area contributed by atoms with Crippen LogP contribution in [0.1, 0.15) is 42.1 Å². The van der Waals surface area contributed by atoms with Gasteiger partial charge in [0, 0.05) is 24.3 Å². The third-order valence-corrected chi connectivity index (χ3v) is 3.33. The lowest BCUT2D eigenvalue weighted by molar-refractivity contribution is 0.112. The van der Waals surface area contributed by atoms with Crippen LogP contribution in [0.5, 0.6) is 0 Å². The van der Waals surface area contributed by atoms with Gasteiger partial charge in [0.1, 0.15) is 5.82 Å². The van der Waals surface area contributed by atoms with Gasteiger partial charge >= 0.3 is 0 Å². The number of pyridine rings is 1. The third kappa shape index (κ3) is 1.94. The standard InChI is InChI=1S/C13H18N2O/c1-3-12-5-4-6-15(12)13-10(2)7-11(9-16)8-14-13/h7-9,12H,3-6H2,1-2H3. The molecule has 0 N–H and O–H groups in total. The van der Waals surface area contributed by atoms with Gasteiger partial charge in [0.15, 0.2) is 6.29 Å². The molecule has 0 bridgehead atoms. The van der Waals surface area contributed by atoms with Crippen molar-refractivity contribution in [3.63, 3.8) is 0 Å². The molecule has 1 fully saturated rings. The highest BCUT2D eigenvalue weighted by Gasteiger charge is 2.24. The van der Waals surface area contributed by atoms with Crippen molar-refractivity contribution in [3.8, 4) is 0 Å². The number of carbonyl (C=O) groups excluding carboxylic acids is 1. The van der Waals surface area contributed by atoms with E-state index in [1.807, 2.05) is 13.0 Å². The minimum absolute atomic E-state index is 0.619. The van der Waals surface area contributed by atoms with E-state index in [0.29, 0.717) is 11.6 Å². The lowest BCUT2D eigenvalue weighted by atomic mass is 10.1. The highest BCUT2D eigenvalue weighted by molar-refractivity contribution is 5.75. The predicted octanol–water partition coefficient (Wildman–Crippen LogP) is 2.58. The fraction of sp³-hybridized carbons (Fsp3) is 0.538. The Balaban J connectivity index is 2.29. The van der Waals surface area contributed by atoms with Gasteiger partial charge in [0.25, 0.3) is 0 Å². The first-order valence-electron chi connectivity index (χ1n) is 5.94. The summed E-state index contributed by atoms with van der Waals surface area (Å²) >= 11 is 0. The molecule has 0 amide bonds. The normalized spacial score (nSPS) is 20.1. The van der Waals surface area contributed by atoms with Crippen molar-refractivity contribution in [2.45, 2.75) is 39.2 Å². The Hall–Kier alpha value is -1.38. The van der Waals surface area contributed by atoms with Crippen molar-refractivity contribution >= 4 is 12.1 Å². The number of anilines is 1. The predicted molar refractivity (Wildman–Crippen MR) is 65.0 cm³/mol. The summed E-state index contributed by atoms with van der Waals surface area (Å²) in [4.78, 5) is 17.5. The van der Waals surface area contributed by atoms with E-state index in [9.17, 15) is 4.79 Å². The smallest absolute Gasteiger partial charge is 0.151 e. The molecule has 1 aliphatic heterocycles. The van der Waals surface area contributed by atoms with Crippen LogP contribution in [0.15, 0.2) is 12.3 Å². The van der Waals surface area contributed by atoms with Crippen LogP contribution in [-0.4, -0.2) is 23.9 Å². The Morgan fingerprint density at radius 2 is 2.44 bits per heavy atom. The van der Waals surface area contributed by atoms with Crippen molar-refractivity contribution in [1.82, 2.24) is 4.98 Å². The fourth-order valence-electron chi connectivity index (χ4n) is 2.49. The molecule has 3 nitrogen and oxygen atoms in total. The maximum atomic E-state index is 10.7. The molecule has 1 atom stereocenters. The van der Waals surface area contributed by atoms with E-state index in [0.717, 1.165) is 30.6 Å². The van der Waals surface area contributed by atoms with E-state index in [1.54, 1.807) is 6.20 Å². The van der Waals surface area contributed by atoms with Crippen molar-refractivity contribution in [2.75, 3.05) is 11.4 Å². The number of aromatic nitrogens is 1. The fourth-order valence-corrected chi connectivity index (χ4v) is 2.49. The van der Waals surface area contributed by atoms with Gasteiger partial charge in [0.05, 0.1) is 0 Å². The topological polar surface area (TPSA) is 33.2 Å². The van der Waals surface area contributed by atoms with Gasteiger partial charge in [0.2, 0.25) is 0 Å². The molecule has 0 radical (unpaired) electrons. The van der Waals surface area contributed by atoms with E-state index in [-0.39, 0.29) is 0 Å². The average Bonchev–Trinajstić information content (AvgIpc) is 2.76. The highest BCUT2D eigenvalue weighted by atomic mass is 16.1. The molecular formula is C13H18N2O. The van der Waals surface area contributed by atoms with Crippen LogP contribution in [-0.2, 0) is 0 Å². The zero-order valence-electron chi connectivity index (χ0n) is 9.94. The van der Waals surface area contributed by atoms with E-state index in [2.05, 4.69) is 16.8 Å². The minimum atomic E-state index is 0.619. The number of aryl methyl sites for hydroxylation is 1. The summed E-state index contributed by atoms with van der Waals surface area (Å²) in [6.07, 6.45) is 6.18. The number of rotatable bonds is 3. The van der Waals surface area contributed by atoms with Crippen LogP contribution in [0.25, 0.3) is 0 Å². The molecule has 1 unspecified atom stereocenters. The summed E-state index contributed by atoms with van der Waals surface area (Å²) in [7, 11) is 0. The van der Waals surface area contributed by atoms with Gasteiger partial charge in [-0.05, 0) is 37.8 Å². The zero-order valence-corrected chi connectivity index (χ0v) is 9.94. The largest absolute Gasteiger partial charge is 0.353 e. The second kappa shape index (κ2) is 4.64. The number of hydrogen-bond donors (Lipinski definition) is 0. The zero-order chi connectivity index (χ0) is 11.5. The molecule has 16 heavy (non-hydrogen) atoms. The van der Waals surface area contributed by atoms with Gasteiger partial charge in [-0.3, -0.25) is 4.79 Å². The van der Waals surface area contributed by atoms with Gasteiger partial charge in [-0.15, -0.1) is 0 Å². The van der Waals surface area contributed by atoms with Gasteiger partial charge in [-0.1, -0.05) is 6.92 Å². The maximum absolute atomic E-state index is 10.7. The highest BCUT2D eigenvalue weighted by Crippen LogP contribution is 2.28. The molecule has 0 aliphatic carbocycles. The molecule has 86 valence electrons. The molecule has 1 saturated heterocycles. The lowest BCUT2D eigenvalue weighted by Gasteiger charge is -2.26. The molecular weight excluding hydrogens is 200 g/mol. The SMILES string of the molecule is CCC1CCCN1c1ncc(C=O)cc1C. The number of nitrogens with zero attached hydrogens (tertiary/aromatic N) is 2. The summed E-state index contributed by atoms with van der Waals surface area (Å²) < 4.78 is 0. The Morgan fingerprint density at radius 3 is 3.06 bits per heavy atom. The second-order valence-corrected chi connectivity index (χ2v) is 4.42. The van der Waals surface area contributed by atoms with E-state index < -0.39 is 0 Å². The van der Waals surface area contributed by atoms with Crippen LogP contribution >= 0.6 is 0 Å². The van der Waals surface area contributed by atoms with Crippen molar-refractivity contribution in [2.24, 2.45) is 0 Å². The molecule has 0 spiro atoms. The van der Waals surface area contributed by atoms with Gasteiger partial charge < -0.3 is 4.90 Å². The molecule has 3 heteroatoms. The number of carbonyl (C=O) groups is 1. The van der Waals surface area contributed by atoms with E-state index in [4.69, 9.17) is 0 Å². The summed E-state index contributed by atoms with van der Waals surface area (Å²) in [5.74, 6) is 1.05. The Labute approximate surface area is 96.5 Å². The maximum Gasteiger partial charge on any atom is 0.151 e. The van der Waals surface area contributed by atoms with Crippen LogP contribution in [0.4, 0.5) is 5.82 Å². The molecule has 1 aromatic rings. The number of aldehydes is 1. The van der Waals surface area contributed by atoms with Crippen LogP contribution in [0.3, 0.4) is 0 Å². The van der Waals surface area contributed by atoms with Crippen molar-refractivity contribution in [3.05, 3.63) is 23.4 Å². The second-order valence-electron chi connectivity index (χ2n) is 4.42. The molecule has 2 rings (SSSR count). The summed E-state index contributed by atoms with van der Waals surface area (Å²) in [5.41, 5.74) is 1.76. The minimum Gasteiger partial charge on any atom is -0.353 e. The Morgan fingerprint density at radius 1 is 1.62 bits per heavy atom. The van der Waals surface area contributed by atoms with Crippen LogP contribution < -0.4 is 4.90 Å². The monoisotopic (exact) mass is 218 g/mol. The van der Waals surface area contributed by atoms with Crippen molar-refractivity contribution in [1.29, 1.82) is 0 Å². The summed E-state index contributed by atoms with van der Waals surface area (Å²) in [6.45, 7) is 5.34. The number of hydrogen-bond acceptors (Lipinski definition) is 3. The summed E-state index contributed by atoms with van der Waals surface area (Å²) in [5, 5.41) is 0. The molecule has 0 saturated carbocycles. The van der Waals surface area contributed by atoms with Gasteiger partial charge in [-0.2, -0.15) is 0 Å². The van der Waals surface area contributed by atoms with Crippen LogP contribution in [0, 0.1) is 6.92 Å². The first-order valence-corrected chi connectivity index (χ1v) is 5.94. The quantitative estimate of drug-likeness (QED) is 0.731. The molecule has 0 aromatic carbocycles. The lowest BCUT2D eigenvalue weighted by Crippen LogP contribution is -2.29. The average molecular weight is 218 g/mol. The summed E-state index contributed by atoms with van der Waals surface area (Å²) in [6, 6.07) is 2.54.